The number of hydrogen-bond donors (Lipinski definition) is 2. The third-order valence-corrected chi connectivity index (χ3v) is 18.2. The monoisotopic (exact) mass is 1000 g/mol. The van der Waals surface area contributed by atoms with Crippen LogP contribution in [0.1, 0.15) is 70.6 Å². The largest absolute Gasteiger partial charge is 0.462 e. The van der Waals surface area contributed by atoms with E-state index in [-0.39, 0.29) is 66.4 Å². The van der Waals surface area contributed by atoms with Crippen LogP contribution in [0.2, 0.25) is 10.0 Å². The maximum Gasteiger partial charge on any atom is 0.296 e. The topological polar surface area (TPSA) is 96.4 Å². The molecule has 13 heteroatoms. The van der Waals surface area contributed by atoms with Crippen molar-refractivity contribution < 1.29 is 19.0 Å². The van der Waals surface area contributed by atoms with Crippen LogP contribution in [0.25, 0.3) is 11.3 Å². The number of likely N-dealkylation sites (tertiary alicyclic amines) is 2. The van der Waals surface area contributed by atoms with Gasteiger partial charge in [0.15, 0.2) is 5.78 Å². The third kappa shape index (κ3) is 8.73. The Balaban J connectivity index is 1.09. The number of hydrogen-bond acceptors (Lipinski definition) is 10. The molecule has 1 spiro atoms. The highest BCUT2D eigenvalue weighted by Crippen LogP contribution is 2.63. The zero-order valence-corrected chi connectivity index (χ0v) is 44.5. The van der Waals surface area contributed by atoms with Crippen LogP contribution in [-0.2, 0) is 36.0 Å². The van der Waals surface area contributed by atoms with Crippen LogP contribution >= 0.6 is 23.2 Å². The van der Waals surface area contributed by atoms with Crippen LogP contribution in [-0.4, -0.2) is 125 Å². The van der Waals surface area contributed by atoms with Crippen molar-refractivity contribution >= 4 is 29.0 Å². The molecule has 5 fully saturated rings. The molecule has 71 heavy (non-hydrogen) atoms. The summed E-state index contributed by atoms with van der Waals surface area (Å²) < 4.78 is 20.9. The molecule has 0 amide bonds. The molecule has 1 aliphatic carbocycles. The number of likely N-dealkylation sites (N-methyl/N-ethyl adjacent to an activating group) is 2. The number of Topliss-reactive ketones (excluding diaryl/α,β-unsaturated/α-hetero) is 1. The molecule has 5 aliphatic rings. The summed E-state index contributed by atoms with van der Waals surface area (Å²) in [6, 6.07) is 33.8. The lowest BCUT2D eigenvalue weighted by molar-refractivity contribution is -0.154. The van der Waals surface area contributed by atoms with E-state index in [0.29, 0.717) is 41.5 Å². The van der Waals surface area contributed by atoms with E-state index in [2.05, 4.69) is 126 Å². The smallest absolute Gasteiger partial charge is 0.296 e. The van der Waals surface area contributed by atoms with E-state index in [0.717, 1.165) is 60.5 Å². The van der Waals surface area contributed by atoms with Crippen molar-refractivity contribution in [3.05, 3.63) is 130 Å². The average molecular weight is 1000 g/mol. The number of nitrogens with zero attached hydrogens (tertiary/aromatic N) is 5. The number of carbonyl (C=O) groups excluding carboxylic acids is 1. The number of imidazole rings is 1. The number of carbonyl (C=O) groups is 1. The molecule has 5 heterocycles. The van der Waals surface area contributed by atoms with Gasteiger partial charge < -0.3 is 24.8 Å². The number of ether oxygens (including phenoxy) is 3. The summed E-state index contributed by atoms with van der Waals surface area (Å²) in [5, 5.41) is 9.80. The molecule has 2 bridgehead atoms. The van der Waals surface area contributed by atoms with Crippen molar-refractivity contribution in [1.82, 2.24) is 34.9 Å². The predicted molar refractivity (Wildman–Crippen MR) is 284 cm³/mol. The lowest BCUT2D eigenvalue weighted by atomic mass is 9.54. The van der Waals surface area contributed by atoms with E-state index in [1.165, 1.54) is 11.1 Å². The van der Waals surface area contributed by atoms with Gasteiger partial charge in [-0.25, -0.2) is 4.98 Å². The molecule has 378 valence electrons. The quantitative estimate of drug-likeness (QED) is 0.112. The first-order valence-electron chi connectivity index (χ1n) is 26.0. The lowest BCUT2D eigenvalue weighted by Crippen LogP contribution is -2.73. The molecule has 4 saturated heterocycles. The van der Waals surface area contributed by atoms with Gasteiger partial charge in [0.05, 0.1) is 35.4 Å². The zero-order valence-electron chi connectivity index (χ0n) is 42.9. The number of rotatable bonds is 14. The minimum Gasteiger partial charge on any atom is -0.462 e. The van der Waals surface area contributed by atoms with Gasteiger partial charge in [-0.2, -0.15) is 0 Å². The van der Waals surface area contributed by atoms with Crippen molar-refractivity contribution in [3.63, 3.8) is 0 Å². The molecule has 5 aromatic rings. The van der Waals surface area contributed by atoms with E-state index in [1.807, 2.05) is 68.1 Å². The molecule has 0 radical (unpaired) electrons. The predicted octanol–water partition coefficient (Wildman–Crippen LogP) is 9.72. The Bertz CT molecular complexity index is 2670. The number of ketones is 1. The van der Waals surface area contributed by atoms with Crippen molar-refractivity contribution in [1.29, 1.82) is 0 Å². The summed E-state index contributed by atoms with van der Waals surface area (Å²) >= 11 is 13.3. The Morgan fingerprint density at radius 1 is 0.859 bits per heavy atom. The van der Waals surface area contributed by atoms with Crippen LogP contribution in [0.4, 0.5) is 0 Å². The number of benzene rings is 4. The maximum absolute atomic E-state index is 17.5. The van der Waals surface area contributed by atoms with Gasteiger partial charge in [-0.1, -0.05) is 78.7 Å². The molecule has 11 nitrogen and oxygen atoms in total. The van der Waals surface area contributed by atoms with Crippen LogP contribution in [0.5, 0.6) is 17.5 Å². The maximum atomic E-state index is 17.5. The Morgan fingerprint density at radius 2 is 1.58 bits per heavy atom. The molecule has 4 aliphatic heterocycles. The molecule has 12 atom stereocenters. The third-order valence-electron chi connectivity index (χ3n) is 17.7. The SMILES string of the molecule is CCC12C(=O)C34C5C[C@H](Cc6ccc(Cl)cc6)N(C)C3[C@@H](COC)NC4[C@H](C)N(Cc3ccc(Cl)cc3Oc3ccc(-c4cnc(OC(C)C)n4C)cc3)C1C[C@@H](Cc1ccccc1)C2N(C)[C@@H](C)CN5. The fourth-order valence-electron chi connectivity index (χ4n) is 14.5. The summed E-state index contributed by atoms with van der Waals surface area (Å²) in [5.74, 6) is 2.06. The number of piperidine rings is 1. The van der Waals surface area contributed by atoms with E-state index >= 15 is 4.79 Å². The second kappa shape index (κ2) is 20.2. The van der Waals surface area contributed by atoms with Crippen LogP contribution < -0.4 is 20.1 Å². The van der Waals surface area contributed by atoms with Gasteiger partial charge in [-0.3, -0.25) is 24.1 Å². The molecule has 1 saturated carbocycles. The summed E-state index contributed by atoms with van der Waals surface area (Å²) in [4.78, 5) is 29.9. The fourth-order valence-corrected chi connectivity index (χ4v) is 14.8. The minimum atomic E-state index is -0.779. The number of halogens is 2. The first kappa shape index (κ1) is 50.2. The molecular weight excluding hydrogens is 930 g/mol. The Labute approximate surface area is 431 Å². The summed E-state index contributed by atoms with van der Waals surface area (Å²) in [5.41, 5.74) is 4.05. The summed E-state index contributed by atoms with van der Waals surface area (Å²) in [6.07, 6.45) is 6.08. The van der Waals surface area contributed by atoms with Gasteiger partial charge in [0.1, 0.15) is 11.5 Å². The van der Waals surface area contributed by atoms with Gasteiger partial charge in [-0.05, 0) is 139 Å². The average Bonchev–Trinajstić information content (AvgIpc) is 4.00. The number of methoxy groups -OCH3 is 1. The van der Waals surface area contributed by atoms with E-state index < -0.39 is 10.8 Å². The van der Waals surface area contributed by atoms with Gasteiger partial charge >= 0.3 is 0 Å². The van der Waals surface area contributed by atoms with Gasteiger partial charge in [0.25, 0.3) is 6.01 Å². The van der Waals surface area contributed by atoms with Crippen molar-refractivity contribution in [2.45, 2.75) is 134 Å². The summed E-state index contributed by atoms with van der Waals surface area (Å²) in [6.45, 7) is 12.9. The Hall–Kier alpha value is -4.30. The Kier molecular flexibility index (Phi) is 14.3. The van der Waals surface area contributed by atoms with Crippen LogP contribution in [0.3, 0.4) is 0 Å². The van der Waals surface area contributed by atoms with Gasteiger partial charge in [0, 0.05) is 103 Å². The molecule has 10 rings (SSSR count). The van der Waals surface area contributed by atoms with E-state index in [4.69, 9.17) is 37.4 Å². The molecule has 7 unspecified atom stereocenters. The highest BCUT2D eigenvalue weighted by atomic mass is 35.5. The van der Waals surface area contributed by atoms with Crippen molar-refractivity contribution in [2.24, 2.45) is 23.8 Å². The zero-order chi connectivity index (χ0) is 49.9. The molecular formula is C58H73Cl2N7O4. The Morgan fingerprint density at radius 3 is 2.28 bits per heavy atom. The van der Waals surface area contributed by atoms with Crippen LogP contribution in [0.15, 0.2) is 103 Å². The lowest BCUT2D eigenvalue weighted by Gasteiger charge is -2.57. The molecule has 1 aromatic heterocycles. The molecule has 4 aromatic carbocycles. The minimum absolute atomic E-state index is 0.00491. The molecule has 2 N–H and O–H groups in total. The standard InChI is InChI=1S/C58H73Cl2N7O4/c1-10-57-51-28-42(26-38-14-12-11-13-15-38)53(57)64(6)36(4)31-61-50-30-45(27-39-16-21-43(59)22-17-39)65(7)54-47(34-69-9)63-52(58(50,54)55(57)68)37(5)67(51)33-41-18-23-44(60)29-49(41)71-46-24-19-40(20-25-46)48-32-62-56(66(48)8)70-35(2)3/h11-25,29,32,35-37,42,45,47,50-54,61,63H,10,26-28,30-31,33-34H2,1-9H3/t36-,37-,42+,45-,47+,50?,51?,52?,53?,54?,57?,58?/m0/s1. The normalized spacial score (nSPS) is 32.0. The van der Waals surface area contributed by atoms with Crippen molar-refractivity contribution in [2.75, 3.05) is 34.4 Å². The first-order chi connectivity index (χ1) is 34.2. The number of aromatic nitrogens is 2. The van der Waals surface area contributed by atoms with E-state index in [9.17, 15) is 0 Å². The highest BCUT2D eigenvalue weighted by molar-refractivity contribution is 6.31. The van der Waals surface area contributed by atoms with Crippen molar-refractivity contribution in [3.8, 4) is 28.8 Å². The summed E-state index contributed by atoms with van der Waals surface area (Å²) in [7, 11) is 8.36. The number of nitrogens with one attached hydrogen (secondary N) is 2. The first-order valence-corrected chi connectivity index (χ1v) is 26.7. The van der Waals surface area contributed by atoms with Gasteiger partial charge in [-0.15, -0.1) is 0 Å². The second-order valence-corrected chi connectivity index (χ2v) is 22.6. The second-order valence-electron chi connectivity index (χ2n) is 21.8. The highest BCUT2D eigenvalue weighted by Gasteiger charge is 2.77. The van der Waals surface area contributed by atoms with Crippen LogP contribution in [0, 0.1) is 16.7 Å². The van der Waals surface area contributed by atoms with Gasteiger partial charge in [0.2, 0.25) is 0 Å². The fraction of sp³-hybridized carbons (Fsp3) is 0.517. The van der Waals surface area contributed by atoms with E-state index in [1.54, 1.807) is 7.11 Å².